The minimum atomic E-state index is 0.419. The van der Waals surface area contributed by atoms with E-state index < -0.39 is 0 Å². The lowest BCUT2D eigenvalue weighted by atomic mass is 9.88. The summed E-state index contributed by atoms with van der Waals surface area (Å²) in [6.45, 7) is 0.604. The second-order valence-corrected chi connectivity index (χ2v) is 7.62. The standard InChI is InChI=1S/C24H29N3O2/c1-28-22-17-9-8-16-21(22)27-23(20-14-6-3-7-15-20)25-26-24(27)29-18-10-13-19-11-4-2-5-12-19/h2,4-5,8-9,11-12,16-17,20H,3,6-7,10,13-15,18H2,1H3. The summed E-state index contributed by atoms with van der Waals surface area (Å²) in [5.74, 6) is 2.22. The Balaban J connectivity index is 1.55. The first-order chi connectivity index (χ1) is 14.4. The van der Waals surface area contributed by atoms with Gasteiger partial charge in [0.2, 0.25) is 0 Å². The maximum Gasteiger partial charge on any atom is 0.321 e. The van der Waals surface area contributed by atoms with E-state index in [4.69, 9.17) is 9.47 Å². The van der Waals surface area contributed by atoms with Crippen LogP contribution in [0.2, 0.25) is 0 Å². The van der Waals surface area contributed by atoms with Crippen LogP contribution in [0.3, 0.4) is 0 Å². The highest BCUT2D eigenvalue weighted by Crippen LogP contribution is 2.36. The first-order valence-corrected chi connectivity index (χ1v) is 10.6. The molecular weight excluding hydrogens is 362 g/mol. The van der Waals surface area contributed by atoms with Crippen LogP contribution in [-0.4, -0.2) is 28.5 Å². The van der Waals surface area contributed by atoms with Gasteiger partial charge in [0.05, 0.1) is 19.4 Å². The van der Waals surface area contributed by atoms with Crippen LogP contribution in [0.25, 0.3) is 5.69 Å². The van der Waals surface area contributed by atoms with Crippen molar-refractivity contribution in [2.75, 3.05) is 13.7 Å². The third kappa shape index (κ3) is 4.61. The van der Waals surface area contributed by atoms with Crippen molar-refractivity contribution in [2.45, 2.75) is 50.9 Å². The number of ether oxygens (including phenoxy) is 2. The zero-order chi connectivity index (χ0) is 19.9. The maximum absolute atomic E-state index is 6.12. The Morgan fingerprint density at radius 3 is 2.48 bits per heavy atom. The van der Waals surface area contributed by atoms with Gasteiger partial charge in [-0.05, 0) is 43.4 Å². The molecule has 0 bridgehead atoms. The minimum absolute atomic E-state index is 0.419. The fourth-order valence-corrected chi connectivity index (χ4v) is 4.13. The summed E-state index contributed by atoms with van der Waals surface area (Å²) < 4.78 is 13.8. The number of hydrogen-bond acceptors (Lipinski definition) is 4. The van der Waals surface area contributed by atoms with Crippen molar-refractivity contribution in [3.63, 3.8) is 0 Å². The number of methoxy groups -OCH3 is 1. The number of nitrogens with zero attached hydrogens (tertiary/aromatic N) is 3. The van der Waals surface area contributed by atoms with Crippen LogP contribution in [0.5, 0.6) is 11.8 Å². The van der Waals surface area contributed by atoms with Crippen LogP contribution in [0.4, 0.5) is 0 Å². The number of para-hydroxylation sites is 2. The van der Waals surface area contributed by atoms with Gasteiger partial charge >= 0.3 is 6.01 Å². The van der Waals surface area contributed by atoms with Crippen molar-refractivity contribution in [3.8, 4) is 17.4 Å². The van der Waals surface area contributed by atoms with Gasteiger partial charge < -0.3 is 9.47 Å². The number of hydrogen-bond donors (Lipinski definition) is 0. The average Bonchev–Trinajstić information content (AvgIpc) is 3.21. The highest BCUT2D eigenvalue weighted by molar-refractivity contribution is 5.49. The van der Waals surface area contributed by atoms with E-state index in [1.807, 2.05) is 30.3 Å². The van der Waals surface area contributed by atoms with E-state index in [2.05, 4.69) is 39.0 Å². The van der Waals surface area contributed by atoms with Crippen molar-refractivity contribution in [2.24, 2.45) is 0 Å². The third-order valence-electron chi connectivity index (χ3n) is 5.64. The molecule has 3 aromatic rings. The van der Waals surface area contributed by atoms with Crippen molar-refractivity contribution < 1.29 is 9.47 Å². The molecule has 1 aromatic heterocycles. The zero-order valence-corrected chi connectivity index (χ0v) is 17.1. The lowest BCUT2D eigenvalue weighted by Gasteiger charge is -2.22. The lowest BCUT2D eigenvalue weighted by molar-refractivity contribution is 0.279. The molecule has 1 heterocycles. The van der Waals surface area contributed by atoms with Crippen molar-refractivity contribution in [1.82, 2.24) is 14.8 Å². The molecule has 0 amide bonds. The molecule has 0 N–H and O–H groups in total. The molecule has 0 saturated heterocycles. The number of benzene rings is 2. The normalized spacial score (nSPS) is 14.7. The molecule has 0 aliphatic heterocycles. The molecule has 5 nitrogen and oxygen atoms in total. The molecule has 0 spiro atoms. The highest BCUT2D eigenvalue weighted by Gasteiger charge is 2.26. The smallest absolute Gasteiger partial charge is 0.321 e. The zero-order valence-electron chi connectivity index (χ0n) is 17.1. The summed E-state index contributed by atoms with van der Waals surface area (Å²) in [5, 5.41) is 8.98. The van der Waals surface area contributed by atoms with E-state index in [1.54, 1.807) is 7.11 Å². The molecule has 5 heteroatoms. The van der Waals surface area contributed by atoms with Crippen LogP contribution in [-0.2, 0) is 6.42 Å². The third-order valence-corrected chi connectivity index (χ3v) is 5.64. The second kappa shape index (κ2) is 9.59. The Kier molecular flexibility index (Phi) is 6.45. The monoisotopic (exact) mass is 391 g/mol. The molecule has 29 heavy (non-hydrogen) atoms. The first kappa shape index (κ1) is 19.5. The van der Waals surface area contributed by atoms with Gasteiger partial charge in [0.25, 0.3) is 0 Å². The van der Waals surface area contributed by atoms with Gasteiger partial charge in [0.1, 0.15) is 11.6 Å². The molecule has 1 saturated carbocycles. The Hall–Kier alpha value is -2.82. The Labute approximate surface area is 172 Å². The predicted octanol–water partition coefficient (Wildman–Crippen LogP) is 5.34. The molecule has 1 aliphatic carbocycles. The molecular formula is C24H29N3O2. The number of aromatic nitrogens is 3. The van der Waals surface area contributed by atoms with Crippen molar-refractivity contribution in [3.05, 3.63) is 66.0 Å². The van der Waals surface area contributed by atoms with E-state index in [9.17, 15) is 0 Å². The van der Waals surface area contributed by atoms with Crippen LogP contribution < -0.4 is 9.47 Å². The molecule has 0 radical (unpaired) electrons. The van der Waals surface area contributed by atoms with Crippen LogP contribution >= 0.6 is 0 Å². The molecule has 152 valence electrons. The number of rotatable bonds is 8. The summed E-state index contributed by atoms with van der Waals surface area (Å²) in [4.78, 5) is 0. The maximum atomic E-state index is 6.12. The molecule has 0 unspecified atom stereocenters. The van der Waals surface area contributed by atoms with Gasteiger partial charge in [-0.3, -0.25) is 0 Å². The van der Waals surface area contributed by atoms with Crippen LogP contribution in [0.15, 0.2) is 54.6 Å². The van der Waals surface area contributed by atoms with Crippen LogP contribution in [0, 0.1) is 0 Å². The van der Waals surface area contributed by atoms with E-state index in [0.717, 1.165) is 42.9 Å². The number of aryl methyl sites for hydroxylation is 1. The first-order valence-electron chi connectivity index (χ1n) is 10.6. The van der Waals surface area contributed by atoms with E-state index in [1.165, 1.54) is 24.8 Å². The predicted molar refractivity (Wildman–Crippen MR) is 114 cm³/mol. The van der Waals surface area contributed by atoms with Crippen molar-refractivity contribution >= 4 is 0 Å². The largest absolute Gasteiger partial charge is 0.495 e. The molecule has 0 atom stereocenters. The van der Waals surface area contributed by atoms with Gasteiger partial charge in [0, 0.05) is 5.92 Å². The Bertz CT molecular complexity index is 901. The summed E-state index contributed by atoms with van der Waals surface area (Å²) >= 11 is 0. The summed E-state index contributed by atoms with van der Waals surface area (Å²) in [6, 6.07) is 19.1. The molecule has 4 rings (SSSR count). The topological polar surface area (TPSA) is 49.2 Å². The highest BCUT2D eigenvalue weighted by atomic mass is 16.5. The molecule has 2 aromatic carbocycles. The Morgan fingerprint density at radius 1 is 0.931 bits per heavy atom. The molecule has 1 aliphatic rings. The average molecular weight is 392 g/mol. The SMILES string of the molecule is COc1ccccc1-n1c(OCCCc2ccccc2)nnc1C1CCCCC1. The van der Waals surface area contributed by atoms with Crippen LogP contribution in [0.1, 0.15) is 55.8 Å². The lowest BCUT2D eigenvalue weighted by Crippen LogP contribution is -2.13. The molecule has 1 fully saturated rings. The quantitative estimate of drug-likeness (QED) is 0.487. The van der Waals surface area contributed by atoms with Gasteiger partial charge in [0.15, 0.2) is 0 Å². The van der Waals surface area contributed by atoms with Gasteiger partial charge in [-0.25, -0.2) is 4.57 Å². The van der Waals surface area contributed by atoms with Gasteiger partial charge in [-0.15, -0.1) is 5.10 Å². The summed E-state index contributed by atoms with van der Waals surface area (Å²) in [7, 11) is 1.70. The second-order valence-electron chi connectivity index (χ2n) is 7.62. The minimum Gasteiger partial charge on any atom is -0.495 e. The Morgan fingerprint density at radius 2 is 1.69 bits per heavy atom. The van der Waals surface area contributed by atoms with Gasteiger partial charge in [-0.2, -0.15) is 0 Å². The fourth-order valence-electron chi connectivity index (χ4n) is 4.13. The summed E-state index contributed by atoms with van der Waals surface area (Å²) in [6.07, 6.45) is 8.03. The van der Waals surface area contributed by atoms with E-state index in [-0.39, 0.29) is 0 Å². The van der Waals surface area contributed by atoms with E-state index >= 15 is 0 Å². The van der Waals surface area contributed by atoms with Gasteiger partial charge in [-0.1, -0.05) is 66.8 Å². The fraction of sp³-hybridized carbons (Fsp3) is 0.417. The summed E-state index contributed by atoms with van der Waals surface area (Å²) in [5.41, 5.74) is 2.27. The van der Waals surface area contributed by atoms with Crippen molar-refractivity contribution in [1.29, 1.82) is 0 Å². The van der Waals surface area contributed by atoms with E-state index in [0.29, 0.717) is 18.5 Å².